The standard InChI is InChI=1S/C16H12ClF2N3.C8H7N/c17-15-20-8-6-11(21-15)14-10-3-1-2-4-12(10)22-9-16(18,19)7-5-13(14)22;1-2-4-8-7(3-1)5-6-9-8/h1-4,6,8H,5,7,9H2;1-6,9H. The van der Waals surface area contributed by atoms with Gasteiger partial charge in [0.1, 0.15) is 0 Å². The summed E-state index contributed by atoms with van der Waals surface area (Å²) in [6.45, 7) is -0.290. The molecule has 0 bridgehead atoms. The van der Waals surface area contributed by atoms with Crippen molar-refractivity contribution in [3.63, 3.8) is 0 Å². The van der Waals surface area contributed by atoms with Gasteiger partial charge in [0.15, 0.2) is 0 Å². The third-order valence-electron chi connectivity index (χ3n) is 5.54. The van der Waals surface area contributed by atoms with Crippen LogP contribution in [-0.4, -0.2) is 25.4 Å². The van der Waals surface area contributed by atoms with Gasteiger partial charge < -0.3 is 9.55 Å². The molecule has 6 rings (SSSR count). The molecule has 4 heterocycles. The molecule has 1 N–H and O–H groups in total. The predicted octanol–water partition coefficient (Wildman–Crippen LogP) is 6.50. The number of rotatable bonds is 1. The lowest BCUT2D eigenvalue weighted by Crippen LogP contribution is -2.30. The molecular formula is C24H19ClF2N4. The van der Waals surface area contributed by atoms with Crippen LogP contribution in [0.15, 0.2) is 73.1 Å². The SMILES string of the molecule is FC1(F)CCc2c(-c3ccnc(Cl)n3)c3ccccc3n2C1.c1ccc2[nH]ccc2c1. The highest BCUT2D eigenvalue weighted by Gasteiger charge is 2.36. The lowest BCUT2D eigenvalue weighted by Gasteiger charge is -2.25. The molecule has 31 heavy (non-hydrogen) atoms. The fraction of sp³-hybridized carbons (Fsp3) is 0.167. The van der Waals surface area contributed by atoms with E-state index in [1.807, 2.05) is 42.6 Å². The van der Waals surface area contributed by atoms with Crippen LogP contribution in [-0.2, 0) is 13.0 Å². The number of hydrogen-bond acceptors (Lipinski definition) is 2. The molecule has 0 unspecified atom stereocenters. The summed E-state index contributed by atoms with van der Waals surface area (Å²) in [6.07, 6.45) is 3.71. The first-order valence-electron chi connectivity index (χ1n) is 10.0. The third kappa shape index (κ3) is 3.79. The number of benzene rings is 2. The van der Waals surface area contributed by atoms with E-state index in [-0.39, 0.29) is 18.2 Å². The first-order chi connectivity index (χ1) is 15.0. The van der Waals surface area contributed by atoms with E-state index in [0.29, 0.717) is 12.1 Å². The lowest BCUT2D eigenvalue weighted by atomic mass is 10.0. The first-order valence-corrected chi connectivity index (χ1v) is 10.4. The van der Waals surface area contributed by atoms with Gasteiger partial charge in [-0.1, -0.05) is 36.4 Å². The summed E-state index contributed by atoms with van der Waals surface area (Å²) < 4.78 is 29.4. The van der Waals surface area contributed by atoms with Gasteiger partial charge in [-0.05, 0) is 47.7 Å². The van der Waals surface area contributed by atoms with Gasteiger partial charge in [0.05, 0.1) is 12.2 Å². The third-order valence-corrected chi connectivity index (χ3v) is 5.72. The van der Waals surface area contributed by atoms with Crippen LogP contribution in [0.2, 0.25) is 5.28 Å². The molecule has 0 aliphatic carbocycles. The number of halogens is 3. The molecule has 0 saturated carbocycles. The molecule has 0 spiro atoms. The van der Waals surface area contributed by atoms with Crippen molar-refractivity contribution in [1.82, 2.24) is 19.5 Å². The van der Waals surface area contributed by atoms with Crippen molar-refractivity contribution in [2.45, 2.75) is 25.3 Å². The number of aromatic nitrogens is 4. The molecule has 0 amide bonds. The molecule has 3 aromatic heterocycles. The van der Waals surface area contributed by atoms with Crippen LogP contribution in [0.4, 0.5) is 8.78 Å². The van der Waals surface area contributed by atoms with Crippen molar-refractivity contribution in [1.29, 1.82) is 0 Å². The van der Waals surface area contributed by atoms with Crippen molar-refractivity contribution in [2.75, 3.05) is 0 Å². The Morgan fingerprint density at radius 2 is 1.81 bits per heavy atom. The highest BCUT2D eigenvalue weighted by molar-refractivity contribution is 6.28. The second-order valence-corrected chi connectivity index (χ2v) is 7.89. The van der Waals surface area contributed by atoms with Crippen molar-refractivity contribution in [3.8, 4) is 11.3 Å². The van der Waals surface area contributed by atoms with Gasteiger partial charge in [-0.2, -0.15) is 0 Å². The maximum Gasteiger partial charge on any atom is 0.266 e. The fourth-order valence-electron chi connectivity index (χ4n) is 4.16. The van der Waals surface area contributed by atoms with Crippen molar-refractivity contribution in [2.24, 2.45) is 0 Å². The van der Waals surface area contributed by atoms with Gasteiger partial charge in [0.2, 0.25) is 5.28 Å². The second kappa shape index (κ2) is 7.78. The van der Waals surface area contributed by atoms with Crippen LogP contribution in [0.25, 0.3) is 33.1 Å². The van der Waals surface area contributed by atoms with Crippen LogP contribution < -0.4 is 0 Å². The van der Waals surface area contributed by atoms with Gasteiger partial charge in [-0.3, -0.25) is 0 Å². The smallest absolute Gasteiger partial charge is 0.266 e. The molecule has 0 radical (unpaired) electrons. The number of para-hydroxylation sites is 2. The number of aromatic amines is 1. The van der Waals surface area contributed by atoms with Crippen LogP contribution in [0.3, 0.4) is 0 Å². The summed E-state index contributed by atoms with van der Waals surface area (Å²) in [6, 6.07) is 19.6. The summed E-state index contributed by atoms with van der Waals surface area (Å²) in [5.41, 5.74) is 4.46. The van der Waals surface area contributed by atoms with E-state index < -0.39 is 5.92 Å². The van der Waals surface area contributed by atoms with E-state index in [1.165, 1.54) is 10.9 Å². The first kappa shape index (κ1) is 19.7. The molecule has 156 valence electrons. The summed E-state index contributed by atoms with van der Waals surface area (Å²) in [4.78, 5) is 11.3. The number of alkyl halides is 2. The fourth-order valence-corrected chi connectivity index (χ4v) is 4.31. The largest absolute Gasteiger partial charge is 0.361 e. The lowest BCUT2D eigenvalue weighted by molar-refractivity contribution is -0.0328. The van der Waals surface area contributed by atoms with E-state index in [4.69, 9.17) is 11.6 Å². The van der Waals surface area contributed by atoms with E-state index in [9.17, 15) is 8.78 Å². The average molecular weight is 437 g/mol. The van der Waals surface area contributed by atoms with Crippen molar-refractivity contribution < 1.29 is 8.78 Å². The Morgan fingerprint density at radius 1 is 1.00 bits per heavy atom. The average Bonchev–Trinajstić information content (AvgIpc) is 3.36. The maximum absolute atomic E-state index is 13.8. The van der Waals surface area contributed by atoms with Crippen LogP contribution in [0.5, 0.6) is 0 Å². The van der Waals surface area contributed by atoms with Crippen LogP contribution in [0.1, 0.15) is 12.1 Å². The quantitative estimate of drug-likeness (QED) is 0.305. The Balaban J connectivity index is 0.000000189. The molecule has 1 aliphatic rings. The Bertz CT molecular complexity index is 1340. The Labute approximate surface area is 182 Å². The van der Waals surface area contributed by atoms with Crippen LogP contribution in [0, 0.1) is 0 Å². The number of nitrogens with zero attached hydrogens (tertiary/aromatic N) is 3. The topological polar surface area (TPSA) is 46.5 Å². The highest BCUT2D eigenvalue weighted by atomic mass is 35.5. The molecular weight excluding hydrogens is 418 g/mol. The molecule has 5 aromatic rings. The zero-order valence-electron chi connectivity index (χ0n) is 16.5. The minimum absolute atomic E-state index is 0.144. The van der Waals surface area contributed by atoms with Crippen molar-refractivity contribution in [3.05, 3.63) is 84.0 Å². The van der Waals surface area contributed by atoms with Gasteiger partial charge >= 0.3 is 0 Å². The van der Waals surface area contributed by atoms with Gasteiger partial charge in [-0.15, -0.1) is 0 Å². The molecule has 0 atom stereocenters. The zero-order valence-corrected chi connectivity index (χ0v) is 17.3. The van der Waals surface area contributed by atoms with Gasteiger partial charge in [0.25, 0.3) is 5.92 Å². The molecule has 2 aromatic carbocycles. The summed E-state index contributed by atoms with van der Waals surface area (Å²) in [5, 5.41) is 2.35. The number of H-pyrrole nitrogens is 1. The Morgan fingerprint density at radius 3 is 2.65 bits per heavy atom. The molecule has 1 aliphatic heterocycles. The maximum atomic E-state index is 13.8. The minimum atomic E-state index is -2.67. The summed E-state index contributed by atoms with van der Waals surface area (Å²) >= 11 is 5.89. The minimum Gasteiger partial charge on any atom is -0.361 e. The van der Waals surface area contributed by atoms with E-state index >= 15 is 0 Å². The molecule has 7 heteroatoms. The van der Waals surface area contributed by atoms with E-state index in [0.717, 1.165) is 22.2 Å². The monoisotopic (exact) mass is 436 g/mol. The molecule has 0 saturated heterocycles. The zero-order chi connectivity index (χ0) is 21.4. The predicted molar refractivity (Wildman–Crippen MR) is 120 cm³/mol. The number of hydrogen-bond donors (Lipinski definition) is 1. The van der Waals surface area contributed by atoms with Gasteiger partial charge in [-0.25, -0.2) is 18.7 Å². The van der Waals surface area contributed by atoms with Crippen molar-refractivity contribution >= 4 is 33.4 Å². The number of fused-ring (bicyclic) bond motifs is 4. The van der Waals surface area contributed by atoms with Gasteiger partial charge in [0, 0.05) is 46.5 Å². The Kier molecular flexibility index (Phi) is 4.94. The van der Waals surface area contributed by atoms with E-state index in [1.54, 1.807) is 16.8 Å². The normalized spacial score (nSPS) is 14.8. The van der Waals surface area contributed by atoms with Crippen LogP contribution >= 0.6 is 11.6 Å². The molecule has 4 nitrogen and oxygen atoms in total. The molecule has 0 fully saturated rings. The summed E-state index contributed by atoms with van der Waals surface area (Å²) in [7, 11) is 0. The van der Waals surface area contributed by atoms with E-state index in [2.05, 4.69) is 33.2 Å². The highest BCUT2D eigenvalue weighted by Crippen LogP contribution is 2.40. The summed E-state index contributed by atoms with van der Waals surface area (Å²) in [5.74, 6) is -2.67. The second-order valence-electron chi connectivity index (χ2n) is 7.56. The number of nitrogens with one attached hydrogen (secondary N) is 1. The Hall–Kier alpha value is -3.25.